The third kappa shape index (κ3) is 3.59. The normalized spacial score (nSPS) is 12.5. The molecule has 0 fully saturated rings. The molecule has 110 valence electrons. The van der Waals surface area contributed by atoms with Crippen molar-refractivity contribution >= 4 is 18.1 Å². The third-order valence-electron chi connectivity index (χ3n) is 2.73. The molecule has 0 saturated heterocycles. The lowest BCUT2D eigenvalue weighted by atomic mass is 10.2. The predicted molar refractivity (Wildman–Crippen MR) is 78.5 cm³/mol. The van der Waals surface area contributed by atoms with Crippen molar-refractivity contribution in [2.24, 2.45) is 5.10 Å². The van der Waals surface area contributed by atoms with E-state index in [1.807, 2.05) is 13.0 Å². The van der Waals surface area contributed by atoms with Crippen molar-refractivity contribution in [1.82, 2.24) is 9.66 Å². The van der Waals surface area contributed by atoms with E-state index in [9.17, 15) is 4.79 Å². The van der Waals surface area contributed by atoms with Crippen molar-refractivity contribution in [2.45, 2.75) is 20.0 Å². The van der Waals surface area contributed by atoms with Gasteiger partial charge in [-0.3, -0.25) is 0 Å². The van der Waals surface area contributed by atoms with Crippen LogP contribution in [0, 0.1) is 6.92 Å². The molecule has 0 aliphatic carbocycles. The standard InChI is InChI=1S/C14H16N4O3/c1-9-8-18(14(15)17-9)16-7-11-5-3-4-6-12(11)21-10(2)13(19)20/h3-8,10H,1-2H3,(H2,15,17)(H,19,20). The number of aromatic nitrogens is 2. The molecule has 0 aliphatic heterocycles. The first-order valence-electron chi connectivity index (χ1n) is 6.31. The van der Waals surface area contributed by atoms with Gasteiger partial charge >= 0.3 is 5.97 Å². The number of aryl methyl sites for hydroxylation is 1. The van der Waals surface area contributed by atoms with Crippen LogP contribution in [0.3, 0.4) is 0 Å². The van der Waals surface area contributed by atoms with Crippen LogP contribution in [0.2, 0.25) is 0 Å². The van der Waals surface area contributed by atoms with Crippen LogP contribution in [0.4, 0.5) is 5.95 Å². The minimum atomic E-state index is -1.03. The first kappa shape index (κ1) is 14.6. The summed E-state index contributed by atoms with van der Waals surface area (Å²) in [5.74, 6) is -0.316. The number of anilines is 1. The van der Waals surface area contributed by atoms with Crippen molar-refractivity contribution in [1.29, 1.82) is 0 Å². The molecule has 3 N–H and O–H groups in total. The molecule has 0 radical (unpaired) electrons. The smallest absolute Gasteiger partial charge is 0.344 e. The highest BCUT2D eigenvalue weighted by Gasteiger charge is 2.13. The molecule has 1 unspecified atom stereocenters. The van der Waals surface area contributed by atoms with Gasteiger partial charge in [0.05, 0.1) is 18.1 Å². The number of carbonyl (C=O) groups is 1. The number of nitrogens with two attached hydrogens (primary N) is 1. The van der Waals surface area contributed by atoms with E-state index < -0.39 is 12.1 Å². The molecule has 0 amide bonds. The maximum atomic E-state index is 10.9. The van der Waals surface area contributed by atoms with Crippen molar-refractivity contribution in [3.63, 3.8) is 0 Å². The SMILES string of the molecule is Cc1cn(N=Cc2ccccc2OC(C)C(=O)O)c(N)n1. The van der Waals surface area contributed by atoms with E-state index in [1.54, 1.807) is 30.6 Å². The zero-order chi connectivity index (χ0) is 15.4. The van der Waals surface area contributed by atoms with Gasteiger partial charge in [-0.2, -0.15) is 5.10 Å². The summed E-state index contributed by atoms with van der Waals surface area (Å²) >= 11 is 0. The molecule has 21 heavy (non-hydrogen) atoms. The molecule has 0 aliphatic rings. The topological polar surface area (TPSA) is 103 Å². The molecule has 1 atom stereocenters. The molecule has 1 heterocycles. The van der Waals surface area contributed by atoms with Gasteiger partial charge in [0.2, 0.25) is 5.95 Å². The monoisotopic (exact) mass is 288 g/mol. The first-order valence-corrected chi connectivity index (χ1v) is 6.31. The summed E-state index contributed by atoms with van der Waals surface area (Å²) in [4.78, 5) is 14.9. The quantitative estimate of drug-likeness (QED) is 0.812. The molecule has 7 heteroatoms. The summed E-state index contributed by atoms with van der Waals surface area (Å²) in [5.41, 5.74) is 7.10. The lowest BCUT2D eigenvalue weighted by molar-refractivity contribution is -0.144. The molecule has 1 aromatic heterocycles. The number of benzene rings is 1. The summed E-state index contributed by atoms with van der Waals surface area (Å²) in [5, 5.41) is 13.1. The largest absolute Gasteiger partial charge is 0.479 e. The third-order valence-corrected chi connectivity index (χ3v) is 2.73. The Labute approximate surface area is 121 Å². The summed E-state index contributed by atoms with van der Waals surface area (Å²) < 4.78 is 6.82. The number of aliphatic carboxylic acids is 1. The van der Waals surface area contributed by atoms with E-state index in [-0.39, 0.29) is 5.95 Å². The van der Waals surface area contributed by atoms with Gasteiger partial charge in [-0.05, 0) is 26.0 Å². The maximum absolute atomic E-state index is 10.9. The van der Waals surface area contributed by atoms with Gasteiger partial charge in [0, 0.05) is 5.56 Å². The van der Waals surface area contributed by atoms with Crippen molar-refractivity contribution < 1.29 is 14.6 Å². The van der Waals surface area contributed by atoms with Crippen molar-refractivity contribution in [3.8, 4) is 5.75 Å². The number of carboxylic acids is 1. The van der Waals surface area contributed by atoms with Gasteiger partial charge in [-0.1, -0.05) is 12.1 Å². The highest BCUT2D eigenvalue weighted by molar-refractivity contribution is 5.84. The second-order valence-electron chi connectivity index (χ2n) is 4.47. The van der Waals surface area contributed by atoms with E-state index in [0.29, 0.717) is 11.3 Å². The molecular weight excluding hydrogens is 272 g/mol. The van der Waals surface area contributed by atoms with Gasteiger partial charge in [-0.15, -0.1) is 0 Å². The zero-order valence-electron chi connectivity index (χ0n) is 11.7. The molecule has 0 saturated carbocycles. The number of rotatable bonds is 5. The summed E-state index contributed by atoms with van der Waals surface area (Å²) in [7, 11) is 0. The van der Waals surface area contributed by atoms with E-state index in [1.165, 1.54) is 11.6 Å². The Kier molecular flexibility index (Phi) is 4.22. The fourth-order valence-electron chi connectivity index (χ4n) is 1.66. The van der Waals surface area contributed by atoms with Crippen LogP contribution >= 0.6 is 0 Å². The summed E-state index contributed by atoms with van der Waals surface area (Å²) in [6, 6.07) is 7.02. The van der Waals surface area contributed by atoms with Crippen LogP contribution in [0.5, 0.6) is 5.75 Å². The van der Waals surface area contributed by atoms with Crippen LogP contribution in [0.15, 0.2) is 35.6 Å². The number of nitrogen functional groups attached to an aromatic ring is 1. The Hall–Kier alpha value is -2.83. The Balaban J connectivity index is 2.24. The van der Waals surface area contributed by atoms with Crippen LogP contribution in [-0.4, -0.2) is 33.1 Å². The summed E-state index contributed by atoms with van der Waals surface area (Å²) in [6.45, 7) is 3.28. The van der Waals surface area contributed by atoms with E-state index in [4.69, 9.17) is 15.6 Å². The predicted octanol–water partition coefficient (Wildman–Crippen LogP) is 1.51. The summed E-state index contributed by atoms with van der Waals surface area (Å²) in [6.07, 6.45) is 2.29. The molecular formula is C14H16N4O3. The Morgan fingerprint density at radius 2 is 2.24 bits per heavy atom. The van der Waals surface area contributed by atoms with Crippen molar-refractivity contribution in [2.75, 3.05) is 5.73 Å². The number of hydrogen-bond acceptors (Lipinski definition) is 5. The Morgan fingerprint density at radius 1 is 1.52 bits per heavy atom. The molecule has 7 nitrogen and oxygen atoms in total. The van der Waals surface area contributed by atoms with E-state index in [0.717, 1.165) is 5.69 Å². The second kappa shape index (κ2) is 6.08. The molecule has 0 spiro atoms. The van der Waals surface area contributed by atoms with Gasteiger partial charge < -0.3 is 15.6 Å². The lowest BCUT2D eigenvalue weighted by Gasteiger charge is -2.12. The number of para-hydroxylation sites is 1. The Bertz CT molecular complexity index is 679. The van der Waals surface area contributed by atoms with Gasteiger partial charge in [-0.25, -0.2) is 14.5 Å². The van der Waals surface area contributed by atoms with Crippen LogP contribution in [0.1, 0.15) is 18.2 Å². The minimum absolute atomic E-state index is 0.279. The van der Waals surface area contributed by atoms with Gasteiger partial charge in [0.1, 0.15) is 5.75 Å². The van der Waals surface area contributed by atoms with Crippen LogP contribution in [-0.2, 0) is 4.79 Å². The van der Waals surface area contributed by atoms with E-state index >= 15 is 0 Å². The fraction of sp³-hybridized carbons (Fsp3) is 0.214. The number of ether oxygens (including phenoxy) is 1. The lowest BCUT2D eigenvalue weighted by Crippen LogP contribution is -2.23. The van der Waals surface area contributed by atoms with Gasteiger partial charge in [0.15, 0.2) is 6.10 Å². The maximum Gasteiger partial charge on any atom is 0.344 e. The average molecular weight is 288 g/mol. The fourth-order valence-corrected chi connectivity index (χ4v) is 1.66. The highest BCUT2D eigenvalue weighted by atomic mass is 16.5. The number of carboxylic acid groups (broad SMARTS) is 1. The zero-order valence-corrected chi connectivity index (χ0v) is 11.7. The van der Waals surface area contributed by atoms with E-state index in [2.05, 4.69) is 10.1 Å². The van der Waals surface area contributed by atoms with Gasteiger partial charge in [0.25, 0.3) is 0 Å². The van der Waals surface area contributed by atoms with Crippen LogP contribution < -0.4 is 10.5 Å². The molecule has 1 aromatic carbocycles. The highest BCUT2D eigenvalue weighted by Crippen LogP contribution is 2.18. The second-order valence-corrected chi connectivity index (χ2v) is 4.47. The number of hydrogen-bond donors (Lipinski definition) is 2. The first-order chi connectivity index (χ1) is 9.97. The number of imidazole rings is 1. The number of nitrogens with zero attached hydrogens (tertiary/aromatic N) is 3. The molecule has 2 rings (SSSR count). The molecule has 2 aromatic rings. The van der Waals surface area contributed by atoms with Crippen LogP contribution in [0.25, 0.3) is 0 Å². The van der Waals surface area contributed by atoms with Crippen molar-refractivity contribution in [3.05, 3.63) is 41.7 Å². The Morgan fingerprint density at radius 3 is 2.86 bits per heavy atom. The minimum Gasteiger partial charge on any atom is -0.479 e. The average Bonchev–Trinajstić information content (AvgIpc) is 2.76. The molecule has 0 bridgehead atoms.